The summed E-state index contributed by atoms with van der Waals surface area (Å²) in [6.45, 7) is 2.37. The van der Waals surface area contributed by atoms with Gasteiger partial charge in [-0.25, -0.2) is 4.98 Å². The van der Waals surface area contributed by atoms with Gasteiger partial charge in [-0.1, -0.05) is 60.1 Å². The summed E-state index contributed by atoms with van der Waals surface area (Å²) in [5.74, 6) is 0.239. The van der Waals surface area contributed by atoms with Gasteiger partial charge < -0.3 is 9.73 Å². The molecule has 0 bridgehead atoms. The van der Waals surface area contributed by atoms with Crippen LogP contribution in [0, 0.1) is 0 Å². The van der Waals surface area contributed by atoms with Gasteiger partial charge in [-0.3, -0.25) is 14.7 Å². The Morgan fingerprint density at radius 3 is 2.36 bits per heavy atom. The lowest BCUT2D eigenvalue weighted by atomic mass is 10.1. The van der Waals surface area contributed by atoms with Crippen LogP contribution in [0.25, 0.3) is 0 Å². The monoisotopic (exact) mass is 460 g/mol. The average molecular weight is 461 g/mol. The summed E-state index contributed by atoms with van der Waals surface area (Å²) in [5.41, 5.74) is 3.52. The predicted octanol–water partition coefficient (Wildman–Crippen LogP) is 4.90. The molecule has 168 valence electrons. The highest BCUT2D eigenvalue weighted by atomic mass is 35.5. The van der Waals surface area contributed by atoms with E-state index in [-0.39, 0.29) is 11.6 Å². The quantitative estimate of drug-likeness (QED) is 0.364. The van der Waals surface area contributed by atoms with E-state index < -0.39 is 0 Å². The van der Waals surface area contributed by atoms with Crippen LogP contribution in [0.3, 0.4) is 0 Å². The number of nitrogens with one attached hydrogen (secondary N) is 1. The molecular formula is C26H25ClN4O2. The Morgan fingerprint density at radius 2 is 1.64 bits per heavy atom. The van der Waals surface area contributed by atoms with E-state index in [0.29, 0.717) is 37.0 Å². The van der Waals surface area contributed by atoms with Crippen LogP contribution in [0.5, 0.6) is 0 Å². The van der Waals surface area contributed by atoms with Gasteiger partial charge in [0.05, 0.1) is 6.54 Å². The van der Waals surface area contributed by atoms with Gasteiger partial charge in [-0.15, -0.1) is 0 Å². The van der Waals surface area contributed by atoms with Gasteiger partial charge in [0, 0.05) is 43.0 Å². The number of amides is 1. The van der Waals surface area contributed by atoms with Gasteiger partial charge >= 0.3 is 0 Å². The van der Waals surface area contributed by atoms with Crippen LogP contribution in [-0.2, 0) is 26.1 Å². The number of nitrogens with zero attached hydrogens (tertiary/aromatic N) is 3. The van der Waals surface area contributed by atoms with Crippen molar-refractivity contribution in [3.8, 4) is 0 Å². The number of hydrogen-bond acceptors (Lipinski definition) is 5. The molecule has 4 rings (SSSR count). The number of halogens is 1. The highest BCUT2D eigenvalue weighted by Gasteiger charge is 2.16. The molecule has 0 fully saturated rings. The molecule has 0 aliphatic rings. The average Bonchev–Trinajstić information content (AvgIpc) is 3.30. The van der Waals surface area contributed by atoms with E-state index in [0.717, 1.165) is 17.8 Å². The van der Waals surface area contributed by atoms with E-state index in [1.54, 1.807) is 6.20 Å². The topological polar surface area (TPSA) is 71.3 Å². The largest absolute Gasteiger partial charge is 0.447 e. The number of carbonyl (C=O) groups excluding carboxylic acids is 1. The second kappa shape index (κ2) is 11.4. The minimum atomic E-state index is -0.256. The third kappa shape index (κ3) is 7.00. The van der Waals surface area contributed by atoms with Gasteiger partial charge in [-0.2, -0.15) is 0 Å². The number of aromatic nitrogens is 2. The van der Waals surface area contributed by atoms with Crippen molar-refractivity contribution in [3.05, 3.63) is 119 Å². The van der Waals surface area contributed by atoms with Crippen LogP contribution in [0.1, 0.15) is 33.2 Å². The number of carbonyl (C=O) groups is 1. The fourth-order valence-corrected chi connectivity index (χ4v) is 3.60. The molecule has 1 N–H and O–H groups in total. The standard InChI is InChI=1S/C26H25ClN4O2/c27-22-11-9-21(10-12-22)17-31(16-20-6-2-1-3-7-20)18-25-30-24(19-33-25)26(32)29-15-13-23-8-4-5-14-28-23/h1-12,14,19H,13,15-18H2,(H,29,32). The van der Waals surface area contributed by atoms with Gasteiger partial charge in [0.2, 0.25) is 5.89 Å². The first-order valence-corrected chi connectivity index (χ1v) is 11.2. The highest BCUT2D eigenvalue weighted by Crippen LogP contribution is 2.16. The van der Waals surface area contributed by atoms with Crippen LogP contribution >= 0.6 is 11.6 Å². The maximum absolute atomic E-state index is 12.5. The fourth-order valence-electron chi connectivity index (χ4n) is 3.48. The molecule has 0 unspecified atom stereocenters. The maximum atomic E-state index is 12.5. The number of rotatable bonds is 10. The van der Waals surface area contributed by atoms with E-state index in [1.165, 1.54) is 11.8 Å². The number of oxazole rings is 1. The minimum Gasteiger partial charge on any atom is -0.447 e. The van der Waals surface area contributed by atoms with E-state index in [2.05, 4.69) is 32.3 Å². The van der Waals surface area contributed by atoms with Crippen molar-refractivity contribution in [1.82, 2.24) is 20.2 Å². The Bertz CT molecular complexity index is 1150. The van der Waals surface area contributed by atoms with Crippen LogP contribution in [0.2, 0.25) is 5.02 Å². The van der Waals surface area contributed by atoms with Crippen LogP contribution in [-0.4, -0.2) is 27.3 Å². The van der Waals surface area contributed by atoms with E-state index in [4.69, 9.17) is 16.0 Å². The van der Waals surface area contributed by atoms with E-state index >= 15 is 0 Å². The molecule has 7 heteroatoms. The Hall–Kier alpha value is -3.48. The van der Waals surface area contributed by atoms with Crippen molar-refractivity contribution in [2.24, 2.45) is 0 Å². The summed E-state index contributed by atoms with van der Waals surface area (Å²) >= 11 is 6.03. The molecule has 4 aromatic rings. The molecule has 0 saturated carbocycles. The van der Waals surface area contributed by atoms with Crippen molar-refractivity contribution in [1.29, 1.82) is 0 Å². The second-order valence-corrected chi connectivity index (χ2v) is 8.15. The highest BCUT2D eigenvalue weighted by molar-refractivity contribution is 6.30. The van der Waals surface area contributed by atoms with Crippen LogP contribution in [0.4, 0.5) is 0 Å². The Kier molecular flexibility index (Phi) is 7.85. The molecule has 0 saturated heterocycles. The first-order chi connectivity index (χ1) is 16.2. The van der Waals surface area contributed by atoms with Gasteiger partial charge in [0.1, 0.15) is 6.26 Å². The van der Waals surface area contributed by atoms with Gasteiger partial charge in [0.25, 0.3) is 5.91 Å². The third-order valence-corrected chi connectivity index (χ3v) is 5.36. The molecule has 0 aliphatic carbocycles. The number of benzene rings is 2. The summed E-state index contributed by atoms with van der Waals surface area (Å²) in [6, 6.07) is 23.7. The van der Waals surface area contributed by atoms with Crippen molar-refractivity contribution < 1.29 is 9.21 Å². The number of hydrogen-bond donors (Lipinski definition) is 1. The zero-order valence-corrected chi connectivity index (χ0v) is 18.9. The molecule has 6 nitrogen and oxygen atoms in total. The van der Waals surface area contributed by atoms with Crippen LogP contribution in [0.15, 0.2) is 89.7 Å². The summed E-state index contributed by atoms with van der Waals surface area (Å²) in [5, 5.41) is 3.58. The van der Waals surface area contributed by atoms with Crippen molar-refractivity contribution in [2.75, 3.05) is 6.54 Å². The molecule has 2 aromatic heterocycles. The normalized spacial score (nSPS) is 11.0. The summed E-state index contributed by atoms with van der Waals surface area (Å²) < 4.78 is 5.63. The zero-order valence-electron chi connectivity index (χ0n) is 18.2. The Labute approximate surface area is 198 Å². The lowest BCUT2D eigenvalue weighted by Crippen LogP contribution is -2.26. The molecule has 2 aromatic carbocycles. The fraction of sp³-hybridized carbons (Fsp3) is 0.192. The van der Waals surface area contributed by atoms with Crippen molar-refractivity contribution >= 4 is 17.5 Å². The van der Waals surface area contributed by atoms with E-state index in [1.807, 2.05) is 60.7 Å². The first-order valence-electron chi connectivity index (χ1n) is 10.8. The smallest absolute Gasteiger partial charge is 0.273 e. The summed E-state index contributed by atoms with van der Waals surface area (Å²) in [4.78, 5) is 23.4. The van der Waals surface area contributed by atoms with Gasteiger partial charge in [-0.05, 0) is 35.4 Å². The molecule has 0 spiro atoms. The zero-order chi connectivity index (χ0) is 22.9. The molecule has 2 heterocycles. The predicted molar refractivity (Wildman–Crippen MR) is 128 cm³/mol. The molecule has 33 heavy (non-hydrogen) atoms. The third-order valence-electron chi connectivity index (χ3n) is 5.10. The van der Waals surface area contributed by atoms with Crippen LogP contribution < -0.4 is 5.32 Å². The molecule has 1 amide bonds. The van der Waals surface area contributed by atoms with Crippen molar-refractivity contribution in [3.63, 3.8) is 0 Å². The first kappa shape index (κ1) is 22.7. The molecule has 0 radical (unpaired) electrons. The SMILES string of the molecule is O=C(NCCc1ccccn1)c1coc(CN(Cc2ccccc2)Cc2ccc(Cl)cc2)n1. The summed E-state index contributed by atoms with van der Waals surface area (Å²) in [7, 11) is 0. The molecule has 0 aliphatic heterocycles. The Balaban J connectivity index is 1.38. The number of pyridine rings is 1. The molecular weight excluding hydrogens is 436 g/mol. The summed E-state index contributed by atoms with van der Waals surface area (Å²) in [6.07, 6.45) is 3.81. The second-order valence-electron chi connectivity index (χ2n) is 7.71. The minimum absolute atomic E-state index is 0.256. The lowest BCUT2D eigenvalue weighted by molar-refractivity contribution is 0.0949. The lowest BCUT2D eigenvalue weighted by Gasteiger charge is -2.21. The van der Waals surface area contributed by atoms with Gasteiger partial charge in [0.15, 0.2) is 5.69 Å². The Morgan fingerprint density at radius 1 is 0.909 bits per heavy atom. The van der Waals surface area contributed by atoms with E-state index in [9.17, 15) is 4.79 Å². The van der Waals surface area contributed by atoms with Crippen molar-refractivity contribution in [2.45, 2.75) is 26.1 Å². The maximum Gasteiger partial charge on any atom is 0.273 e. The molecule has 0 atom stereocenters.